The third-order valence-electron chi connectivity index (χ3n) is 1.09. The van der Waals surface area contributed by atoms with Crippen LogP contribution in [0.15, 0.2) is 23.0 Å². The van der Waals surface area contributed by atoms with Crippen molar-refractivity contribution < 1.29 is 0 Å². The van der Waals surface area contributed by atoms with E-state index >= 15 is 0 Å². The van der Waals surface area contributed by atoms with E-state index in [-0.39, 0.29) is 0 Å². The molecule has 2 aromatic rings. The summed E-state index contributed by atoms with van der Waals surface area (Å²) in [5.74, 6) is 0. The van der Waals surface area contributed by atoms with E-state index in [9.17, 15) is 0 Å². The lowest BCUT2D eigenvalue weighted by Crippen LogP contribution is -1.67. The second kappa shape index (κ2) is 2.48. The maximum atomic E-state index is 3.94. The Labute approximate surface area is 66.2 Å². The van der Waals surface area contributed by atoms with Crippen LogP contribution >= 0.6 is 22.7 Å². The Kier molecular flexibility index (Phi) is 1.49. The number of hydrogen-bond donors (Lipinski definition) is 0. The Bertz CT molecular complexity index is 253. The van der Waals surface area contributed by atoms with Crippen molar-refractivity contribution in [1.29, 1.82) is 0 Å². The van der Waals surface area contributed by atoms with Crippen molar-refractivity contribution in [3.05, 3.63) is 23.0 Å². The Balaban J connectivity index is 2.48. The van der Waals surface area contributed by atoms with Gasteiger partial charge in [0, 0.05) is 0 Å². The van der Waals surface area contributed by atoms with Gasteiger partial charge >= 0.3 is 0 Å². The number of hydrogen-bond acceptors (Lipinski definition) is 4. The van der Waals surface area contributed by atoms with Crippen LogP contribution in [-0.2, 0) is 0 Å². The van der Waals surface area contributed by atoms with Crippen LogP contribution in [0.1, 0.15) is 0 Å². The van der Waals surface area contributed by atoms with Crippen molar-refractivity contribution >= 4 is 22.7 Å². The molecule has 0 aliphatic heterocycles. The minimum atomic E-state index is 1.01. The molecule has 2 heterocycles. The molecule has 2 nitrogen and oxygen atoms in total. The summed E-state index contributed by atoms with van der Waals surface area (Å²) in [5, 5.41) is 10.7. The number of thiophene rings is 1. The maximum absolute atomic E-state index is 3.94. The van der Waals surface area contributed by atoms with E-state index in [1.807, 2.05) is 17.5 Å². The summed E-state index contributed by atoms with van der Waals surface area (Å²) in [4.78, 5) is 1.20. The molecule has 0 N–H and O–H groups in total. The quantitative estimate of drug-likeness (QED) is 0.652. The van der Waals surface area contributed by atoms with Gasteiger partial charge in [-0.3, -0.25) is 0 Å². The van der Waals surface area contributed by atoms with Gasteiger partial charge in [0.25, 0.3) is 0 Å². The largest absolute Gasteiger partial charge is 0.157 e. The van der Waals surface area contributed by atoms with Crippen LogP contribution in [0.3, 0.4) is 0 Å². The molecule has 0 radical (unpaired) electrons. The molecule has 0 aromatic carbocycles. The van der Waals surface area contributed by atoms with Crippen LogP contribution in [0.5, 0.6) is 0 Å². The number of rotatable bonds is 1. The van der Waals surface area contributed by atoms with E-state index < -0.39 is 0 Å². The van der Waals surface area contributed by atoms with Gasteiger partial charge in [-0.25, -0.2) is 0 Å². The van der Waals surface area contributed by atoms with Crippen molar-refractivity contribution in [2.75, 3.05) is 0 Å². The van der Waals surface area contributed by atoms with E-state index in [0.717, 1.165) is 5.01 Å². The second-order valence-corrected chi connectivity index (χ2v) is 3.50. The minimum Gasteiger partial charge on any atom is -0.147 e. The van der Waals surface area contributed by atoms with Crippen LogP contribution in [-0.4, -0.2) is 10.2 Å². The Morgan fingerprint density at radius 2 is 2.30 bits per heavy atom. The van der Waals surface area contributed by atoms with Gasteiger partial charge in [-0.2, -0.15) is 0 Å². The van der Waals surface area contributed by atoms with Crippen molar-refractivity contribution in [1.82, 2.24) is 10.2 Å². The van der Waals surface area contributed by atoms with Gasteiger partial charge in [-0.1, -0.05) is 17.4 Å². The first-order valence-electron chi connectivity index (χ1n) is 2.77. The van der Waals surface area contributed by atoms with E-state index in [1.165, 1.54) is 4.88 Å². The summed E-state index contributed by atoms with van der Waals surface area (Å²) in [7, 11) is 0. The van der Waals surface area contributed by atoms with Crippen LogP contribution < -0.4 is 0 Å². The lowest BCUT2D eigenvalue weighted by molar-refractivity contribution is 1.10. The van der Waals surface area contributed by atoms with Crippen molar-refractivity contribution in [2.24, 2.45) is 0 Å². The van der Waals surface area contributed by atoms with Gasteiger partial charge in [-0.05, 0) is 11.4 Å². The lowest BCUT2D eigenvalue weighted by atomic mass is 10.5. The van der Waals surface area contributed by atoms with E-state index in [0.29, 0.717) is 0 Å². The third kappa shape index (κ3) is 0.955. The minimum absolute atomic E-state index is 1.01. The van der Waals surface area contributed by atoms with Crippen molar-refractivity contribution in [3.63, 3.8) is 0 Å². The number of aromatic nitrogens is 2. The molecule has 2 rings (SSSR count). The van der Waals surface area contributed by atoms with E-state index in [2.05, 4.69) is 10.2 Å². The fraction of sp³-hybridized carbons (Fsp3) is 0. The summed E-state index contributed by atoms with van der Waals surface area (Å²) in [5.41, 5.74) is 1.75. The van der Waals surface area contributed by atoms with Gasteiger partial charge in [0.2, 0.25) is 0 Å². The molecule has 0 aliphatic carbocycles. The fourth-order valence-electron chi connectivity index (χ4n) is 0.681. The molecule has 0 spiro atoms. The van der Waals surface area contributed by atoms with Crippen molar-refractivity contribution in [2.45, 2.75) is 0 Å². The predicted molar refractivity (Wildman–Crippen MR) is 43.2 cm³/mol. The third-order valence-corrected chi connectivity index (χ3v) is 2.82. The highest BCUT2D eigenvalue weighted by molar-refractivity contribution is 7.19. The Morgan fingerprint density at radius 1 is 1.30 bits per heavy atom. The first kappa shape index (κ1) is 6.00. The zero-order valence-corrected chi connectivity index (χ0v) is 6.65. The molecule has 4 heteroatoms. The standard InChI is InChI=1S/C6H4N2S2/c1-2-5(9-3-1)6-8-7-4-10-6/h1-4H. The van der Waals surface area contributed by atoms with E-state index in [1.54, 1.807) is 28.2 Å². The molecule has 0 atom stereocenters. The number of nitrogens with zero attached hydrogens (tertiary/aromatic N) is 2. The van der Waals surface area contributed by atoms with Gasteiger partial charge in [0.1, 0.15) is 5.51 Å². The Morgan fingerprint density at radius 3 is 2.90 bits per heavy atom. The summed E-state index contributed by atoms with van der Waals surface area (Å²) in [6.07, 6.45) is 0. The molecule has 0 bridgehead atoms. The second-order valence-electron chi connectivity index (χ2n) is 1.72. The first-order valence-corrected chi connectivity index (χ1v) is 4.53. The summed E-state index contributed by atoms with van der Waals surface area (Å²) in [6.45, 7) is 0. The molecule has 10 heavy (non-hydrogen) atoms. The molecular formula is C6H4N2S2. The van der Waals surface area contributed by atoms with Crippen LogP contribution in [0.2, 0.25) is 0 Å². The van der Waals surface area contributed by atoms with E-state index in [4.69, 9.17) is 0 Å². The molecule has 0 aliphatic rings. The average molecular weight is 168 g/mol. The molecule has 0 saturated heterocycles. The monoisotopic (exact) mass is 168 g/mol. The molecule has 2 aromatic heterocycles. The van der Waals surface area contributed by atoms with Gasteiger partial charge in [-0.15, -0.1) is 21.5 Å². The summed E-state index contributed by atoms with van der Waals surface area (Å²) >= 11 is 3.26. The maximum Gasteiger partial charge on any atom is 0.157 e. The predicted octanol–water partition coefficient (Wildman–Crippen LogP) is 2.27. The lowest BCUT2D eigenvalue weighted by Gasteiger charge is -1.81. The topological polar surface area (TPSA) is 25.8 Å². The van der Waals surface area contributed by atoms with Gasteiger partial charge < -0.3 is 0 Å². The molecule has 0 fully saturated rings. The highest BCUT2D eigenvalue weighted by atomic mass is 32.1. The summed E-state index contributed by atoms with van der Waals surface area (Å²) in [6, 6.07) is 4.06. The van der Waals surface area contributed by atoms with Gasteiger partial charge in [0.05, 0.1) is 4.88 Å². The molecule has 0 amide bonds. The molecule has 50 valence electrons. The molecule has 0 unspecified atom stereocenters. The van der Waals surface area contributed by atoms with Crippen LogP contribution in [0.25, 0.3) is 9.88 Å². The average Bonchev–Trinajstić information content (AvgIpc) is 2.59. The normalized spacial score (nSPS) is 10.0. The first-order chi connectivity index (χ1) is 4.97. The van der Waals surface area contributed by atoms with Crippen LogP contribution in [0.4, 0.5) is 0 Å². The fourth-order valence-corrected chi connectivity index (χ4v) is 2.04. The van der Waals surface area contributed by atoms with Crippen molar-refractivity contribution in [3.8, 4) is 9.88 Å². The smallest absolute Gasteiger partial charge is 0.147 e. The molecule has 0 saturated carbocycles. The van der Waals surface area contributed by atoms with Crippen LogP contribution in [0, 0.1) is 0 Å². The molecular weight excluding hydrogens is 164 g/mol. The summed E-state index contributed by atoms with van der Waals surface area (Å²) < 4.78 is 0. The zero-order valence-electron chi connectivity index (χ0n) is 5.02. The highest BCUT2D eigenvalue weighted by Gasteiger charge is 1.99. The van der Waals surface area contributed by atoms with Gasteiger partial charge in [0.15, 0.2) is 5.01 Å². The Hall–Kier alpha value is -0.740. The SMILES string of the molecule is c1csc(-c2nncs2)c1. The zero-order chi connectivity index (χ0) is 6.81. The highest BCUT2D eigenvalue weighted by Crippen LogP contribution is 2.24.